The first kappa shape index (κ1) is 21.4. The maximum absolute atomic E-state index is 13.4. The van der Waals surface area contributed by atoms with E-state index in [4.69, 9.17) is 0 Å². The van der Waals surface area contributed by atoms with Crippen molar-refractivity contribution in [2.75, 3.05) is 5.32 Å². The molecular formula is C24H24FN5O2. The Balaban J connectivity index is 1.76. The molecule has 0 atom stereocenters. The number of carbonyl (C=O) groups excluding carboxylic acids is 1. The highest BCUT2D eigenvalue weighted by Crippen LogP contribution is 2.23. The quantitative estimate of drug-likeness (QED) is 0.514. The zero-order valence-corrected chi connectivity index (χ0v) is 18.4. The summed E-state index contributed by atoms with van der Waals surface area (Å²) in [6, 6.07) is 11.4. The summed E-state index contributed by atoms with van der Waals surface area (Å²) in [5, 5.41) is 12.3. The lowest BCUT2D eigenvalue weighted by Crippen LogP contribution is -2.31. The molecule has 2 heterocycles. The van der Waals surface area contributed by atoms with E-state index in [1.54, 1.807) is 18.3 Å². The van der Waals surface area contributed by atoms with Crippen LogP contribution in [0.2, 0.25) is 0 Å². The van der Waals surface area contributed by atoms with E-state index in [0.717, 1.165) is 15.8 Å². The molecule has 0 radical (unpaired) electrons. The molecule has 0 aliphatic rings. The van der Waals surface area contributed by atoms with Crippen LogP contribution in [0.4, 0.5) is 10.1 Å². The number of benzene rings is 2. The minimum absolute atomic E-state index is 0.00220. The summed E-state index contributed by atoms with van der Waals surface area (Å²) >= 11 is 0. The molecule has 1 N–H and O–H groups in total. The van der Waals surface area contributed by atoms with Gasteiger partial charge < -0.3 is 5.32 Å². The van der Waals surface area contributed by atoms with Crippen molar-refractivity contribution in [2.24, 2.45) is 0 Å². The molecule has 0 unspecified atom stereocenters. The molecule has 0 bridgehead atoms. The van der Waals surface area contributed by atoms with E-state index in [1.807, 2.05) is 45.9 Å². The van der Waals surface area contributed by atoms with Crippen molar-refractivity contribution in [2.45, 2.75) is 40.2 Å². The van der Waals surface area contributed by atoms with Gasteiger partial charge in [-0.25, -0.2) is 13.8 Å². The lowest BCUT2D eigenvalue weighted by atomic mass is 10.1. The highest BCUT2D eigenvalue weighted by atomic mass is 19.1. The SMILES string of the molecule is Cc1ccc(NC(=O)Cn2nc(C(C)C)c3cnn(-c4ccc(F)cc4)c3c2=O)c(C)c1. The highest BCUT2D eigenvalue weighted by molar-refractivity contribution is 5.91. The summed E-state index contributed by atoms with van der Waals surface area (Å²) in [5.41, 5.74) is 3.79. The van der Waals surface area contributed by atoms with Gasteiger partial charge >= 0.3 is 0 Å². The first-order valence-corrected chi connectivity index (χ1v) is 10.4. The molecule has 8 heteroatoms. The van der Waals surface area contributed by atoms with Gasteiger partial charge in [0, 0.05) is 11.1 Å². The van der Waals surface area contributed by atoms with Crippen molar-refractivity contribution < 1.29 is 9.18 Å². The summed E-state index contributed by atoms with van der Waals surface area (Å²) in [6.07, 6.45) is 1.59. The molecular weight excluding hydrogens is 409 g/mol. The van der Waals surface area contributed by atoms with E-state index in [2.05, 4.69) is 15.5 Å². The lowest BCUT2D eigenvalue weighted by Gasteiger charge is -2.13. The number of aryl methyl sites for hydroxylation is 2. The van der Waals surface area contributed by atoms with E-state index in [1.165, 1.54) is 16.8 Å². The number of amides is 1. The number of hydrogen-bond donors (Lipinski definition) is 1. The molecule has 32 heavy (non-hydrogen) atoms. The lowest BCUT2D eigenvalue weighted by molar-refractivity contribution is -0.117. The second-order valence-electron chi connectivity index (χ2n) is 8.16. The smallest absolute Gasteiger partial charge is 0.293 e. The third kappa shape index (κ3) is 4.03. The van der Waals surface area contributed by atoms with E-state index in [9.17, 15) is 14.0 Å². The minimum atomic E-state index is -0.443. The summed E-state index contributed by atoms with van der Waals surface area (Å²) in [4.78, 5) is 26.1. The Morgan fingerprint density at radius 3 is 2.50 bits per heavy atom. The molecule has 0 aliphatic heterocycles. The van der Waals surface area contributed by atoms with E-state index < -0.39 is 5.56 Å². The average molecular weight is 433 g/mol. The number of nitrogens with zero attached hydrogens (tertiary/aromatic N) is 4. The third-order valence-electron chi connectivity index (χ3n) is 5.28. The Morgan fingerprint density at radius 1 is 1.12 bits per heavy atom. The Bertz CT molecular complexity index is 1370. The van der Waals surface area contributed by atoms with Gasteiger partial charge in [0.05, 0.1) is 17.6 Å². The average Bonchev–Trinajstić information content (AvgIpc) is 3.18. The van der Waals surface area contributed by atoms with Crippen LogP contribution in [0, 0.1) is 19.7 Å². The number of nitrogens with one attached hydrogen (secondary N) is 1. The van der Waals surface area contributed by atoms with Gasteiger partial charge in [0.2, 0.25) is 5.91 Å². The van der Waals surface area contributed by atoms with Crippen LogP contribution in [0.5, 0.6) is 0 Å². The van der Waals surface area contributed by atoms with Crippen LogP contribution in [0.3, 0.4) is 0 Å². The number of anilines is 1. The van der Waals surface area contributed by atoms with Gasteiger partial charge in [0.25, 0.3) is 5.56 Å². The molecule has 2 aromatic heterocycles. The van der Waals surface area contributed by atoms with Crippen LogP contribution in [0.1, 0.15) is 36.6 Å². The van der Waals surface area contributed by atoms with Crippen LogP contribution in [-0.4, -0.2) is 25.5 Å². The van der Waals surface area contributed by atoms with Crippen molar-refractivity contribution in [3.63, 3.8) is 0 Å². The fourth-order valence-corrected chi connectivity index (χ4v) is 3.68. The number of fused-ring (bicyclic) bond motifs is 1. The molecule has 1 amide bonds. The summed E-state index contributed by atoms with van der Waals surface area (Å²) in [7, 11) is 0. The number of halogens is 1. The molecule has 4 rings (SSSR count). The van der Waals surface area contributed by atoms with E-state index in [0.29, 0.717) is 28.0 Å². The van der Waals surface area contributed by atoms with Crippen LogP contribution < -0.4 is 10.9 Å². The van der Waals surface area contributed by atoms with Crippen molar-refractivity contribution >= 4 is 22.5 Å². The highest BCUT2D eigenvalue weighted by Gasteiger charge is 2.20. The Hall–Kier alpha value is -3.81. The van der Waals surface area contributed by atoms with Gasteiger partial charge in [-0.05, 0) is 55.7 Å². The van der Waals surface area contributed by atoms with E-state index >= 15 is 0 Å². The fraction of sp³-hybridized carbons (Fsp3) is 0.250. The van der Waals surface area contributed by atoms with Gasteiger partial charge in [-0.3, -0.25) is 9.59 Å². The van der Waals surface area contributed by atoms with E-state index in [-0.39, 0.29) is 24.2 Å². The summed E-state index contributed by atoms with van der Waals surface area (Å²) in [5.74, 6) is -0.735. The second-order valence-corrected chi connectivity index (χ2v) is 8.16. The summed E-state index contributed by atoms with van der Waals surface area (Å²) in [6.45, 7) is 7.58. The van der Waals surface area contributed by atoms with Gasteiger partial charge in [-0.2, -0.15) is 10.2 Å². The Morgan fingerprint density at radius 2 is 1.84 bits per heavy atom. The summed E-state index contributed by atoms with van der Waals surface area (Å²) < 4.78 is 16.0. The molecule has 0 fully saturated rings. The normalized spacial score (nSPS) is 11.3. The maximum atomic E-state index is 13.4. The number of rotatable bonds is 5. The maximum Gasteiger partial charge on any atom is 0.293 e. The Labute approximate surface area is 184 Å². The molecule has 164 valence electrons. The van der Waals surface area contributed by atoms with Gasteiger partial charge in [0.1, 0.15) is 17.9 Å². The van der Waals surface area contributed by atoms with Crippen LogP contribution in [0.15, 0.2) is 53.5 Å². The first-order chi connectivity index (χ1) is 15.2. The van der Waals surface area contributed by atoms with Gasteiger partial charge in [0.15, 0.2) is 0 Å². The second kappa shape index (κ2) is 8.37. The third-order valence-corrected chi connectivity index (χ3v) is 5.28. The van der Waals surface area contributed by atoms with Crippen molar-refractivity contribution in [3.05, 3.63) is 81.7 Å². The molecule has 0 spiro atoms. The van der Waals surface area contributed by atoms with Gasteiger partial charge in [-0.15, -0.1) is 0 Å². The van der Waals surface area contributed by atoms with Crippen molar-refractivity contribution in [1.82, 2.24) is 19.6 Å². The standard InChI is InChI=1S/C24H24FN5O2/c1-14(2)22-19-12-26-30(18-8-6-17(25)7-9-18)23(19)24(32)29(28-22)13-21(31)27-20-10-5-15(3)11-16(20)4/h5-12,14H,13H2,1-4H3,(H,27,31). The fourth-order valence-electron chi connectivity index (χ4n) is 3.68. The van der Waals surface area contributed by atoms with Crippen molar-refractivity contribution in [3.8, 4) is 5.69 Å². The minimum Gasteiger partial charge on any atom is -0.324 e. The topological polar surface area (TPSA) is 81.8 Å². The molecule has 0 saturated carbocycles. The van der Waals surface area contributed by atoms with Gasteiger partial charge in [-0.1, -0.05) is 31.5 Å². The molecule has 0 aliphatic carbocycles. The zero-order valence-electron chi connectivity index (χ0n) is 18.4. The number of aromatic nitrogens is 4. The Kier molecular flexibility index (Phi) is 5.61. The van der Waals surface area contributed by atoms with Crippen LogP contribution in [0.25, 0.3) is 16.6 Å². The van der Waals surface area contributed by atoms with Crippen LogP contribution >= 0.6 is 0 Å². The molecule has 7 nitrogen and oxygen atoms in total. The van der Waals surface area contributed by atoms with Crippen LogP contribution in [-0.2, 0) is 11.3 Å². The largest absolute Gasteiger partial charge is 0.324 e. The molecule has 2 aromatic carbocycles. The molecule has 0 saturated heterocycles. The number of hydrogen-bond acceptors (Lipinski definition) is 4. The zero-order chi connectivity index (χ0) is 23.0. The number of carbonyl (C=O) groups is 1. The first-order valence-electron chi connectivity index (χ1n) is 10.4. The predicted molar refractivity (Wildman–Crippen MR) is 122 cm³/mol. The molecule has 4 aromatic rings. The predicted octanol–water partition coefficient (Wildman–Crippen LogP) is 4.10. The van der Waals surface area contributed by atoms with Crippen molar-refractivity contribution in [1.29, 1.82) is 0 Å². The monoisotopic (exact) mass is 433 g/mol.